The van der Waals surface area contributed by atoms with Gasteiger partial charge in [0.15, 0.2) is 5.82 Å². The second kappa shape index (κ2) is 14.5. The van der Waals surface area contributed by atoms with Gasteiger partial charge in [-0.3, -0.25) is 9.69 Å². The maximum Gasteiger partial charge on any atom is 0.425 e. The van der Waals surface area contributed by atoms with Gasteiger partial charge >= 0.3 is 12.2 Å². The molecule has 0 saturated carbocycles. The lowest BCUT2D eigenvalue weighted by Gasteiger charge is -2.28. The Morgan fingerprint density at radius 1 is 0.979 bits per heavy atom. The number of aromatic nitrogens is 1. The van der Waals surface area contributed by atoms with E-state index in [0.29, 0.717) is 27.9 Å². The molecule has 48 heavy (non-hydrogen) atoms. The lowest BCUT2D eigenvalue weighted by Crippen LogP contribution is -2.44. The first-order chi connectivity index (χ1) is 22.6. The van der Waals surface area contributed by atoms with Gasteiger partial charge in [0.2, 0.25) is 0 Å². The largest absolute Gasteiger partial charge is 0.443 e. The van der Waals surface area contributed by atoms with Crippen LogP contribution in [0.5, 0.6) is 0 Å². The van der Waals surface area contributed by atoms with Gasteiger partial charge in [-0.1, -0.05) is 41.9 Å². The van der Waals surface area contributed by atoms with Crippen molar-refractivity contribution in [3.63, 3.8) is 0 Å². The van der Waals surface area contributed by atoms with Gasteiger partial charge < -0.3 is 20.1 Å². The van der Waals surface area contributed by atoms with Crippen LogP contribution >= 0.6 is 22.9 Å². The summed E-state index contributed by atoms with van der Waals surface area (Å²) in [5, 5.41) is 8.43. The molecule has 5 rings (SSSR count). The molecular weight excluding hydrogens is 650 g/mol. The van der Waals surface area contributed by atoms with Crippen molar-refractivity contribution in [2.75, 3.05) is 23.3 Å². The Bertz CT molecular complexity index is 1760. The van der Waals surface area contributed by atoms with E-state index >= 15 is 0 Å². The summed E-state index contributed by atoms with van der Waals surface area (Å²) in [7, 11) is 0. The fourth-order valence-electron chi connectivity index (χ4n) is 5.33. The summed E-state index contributed by atoms with van der Waals surface area (Å²) in [5.74, 6) is -0.123. The zero-order chi connectivity index (χ0) is 34.6. The molecule has 4 aromatic rings. The van der Waals surface area contributed by atoms with Crippen LogP contribution in [0.1, 0.15) is 68.1 Å². The van der Waals surface area contributed by atoms with Gasteiger partial charge in [-0.15, -0.1) is 11.3 Å². The van der Waals surface area contributed by atoms with Crippen LogP contribution in [0, 0.1) is 0 Å². The molecule has 0 radical (unpaired) electrons. The highest BCUT2D eigenvalue weighted by atomic mass is 35.5. The van der Waals surface area contributed by atoms with E-state index < -0.39 is 23.4 Å². The molecule has 2 aromatic carbocycles. The summed E-state index contributed by atoms with van der Waals surface area (Å²) in [6.45, 7) is 13.1. The third-order valence-corrected chi connectivity index (χ3v) is 8.96. The summed E-state index contributed by atoms with van der Waals surface area (Å²) in [6, 6.07) is 19.5. The van der Waals surface area contributed by atoms with Gasteiger partial charge in [0, 0.05) is 54.4 Å². The number of hydrogen-bond donors (Lipinski definition) is 2. The highest BCUT2D eigenvalue weighted by Crippen LogP contribution is 2.31. The van der Waals surface area contributed by atoms with E-state index in [9.17, 15) is 14.4 Å². The average Bonchev–Trinajstić information content (AvgIpc) is 3.60. The predicted octanol–water partition coefficient (Wildman–Crippen LogP) is 8.24. The van der Waals surface area contributed by atoms with Crippen LogP contribution in [0.4, 0.5) is 21.1 Å². The zero-order valence-corrected chi connectivity index (χ0v) is 29.7. The van der Waals surface area contributed by atoms with Gasteiger partial charge in [0.1, 0.15) is 11.2 Å². The third-order valence-electron chi connectivity index (χ3n) is 7.39. The summed E-state index contributed by atoms with van der Waals surface area (Å²) >= 11 is 7.99. The first kappa shape index (κ1) is 35.1. The Balaban J connectivity index is 1.24. The quantitative estimate of drug-likeness (QED) is 0.190. The van der Waals surface area contributed by atoms with Crippen molar-refractivity contribution in [1.82, 2.24) is 15.2 Å². The molecule has 2 N–H and O–H groups in total. The lowest BCUT2D eigenvalue weighted by atomic mass is 10.1. The van der Waals surface area contributed by atoms with E-state index in [1.54, 1.807) is 59.7 Å². The minimum absolute atomic E-state index is 0.0903. The highest BCUT2D eigenvalue weighted by molar-refractivity contribution is 7.14. The molecule has 0 unspecified atom stereocenters. The fraction of sp³-hybridized carbons (Fsp3) is 0.389. The number of nitrogens with zero attached hydrogens (tertiary/aromatic N) is 3. The van der Waals surface area contributed by atoms with Crippen LogP contribution in [-0.4, -0.2) is 58.3 Å². The van der Waals surface area contributed by atoms with Crippen molar-refractivity contribution in [3.05, 3.63) is 87.2 Å². The molecule has 0 aliphatic carbocycles. The smallest absolute Gasteiger partial charge is 0.425 e. The molecule has 1 saturated heterocycles. The minimum atomic E-state index is -0.893. The van der Waals surface area contributed by atoms with E-state index in [0.717, 1.165) is 45.9 Å². The third kappa shape index (κ3) is 9.24. The molecule has 2 aromatic heterocycles. The summed E-state index contributed by atoms with van der Waals surface area (Å²) < 4.78 is 11.1. The molecular formula is C36H42ClN5O5S. The molecule has 254 valence electrons. The van der Waals surface area contributed by atoms with Crippen molar-refractivity contribution in [3.8, 4) is 0 Å². The SMILES string of the molecule is CC(C)(C)OC(=O)N(C(=O)OC(C)(C)C)c1nccc2cc(CNC(=O)c3cc(Cl)c(CN4CC[C@@H](Nc5ccccc5)C4)s3)ccc12. The molecule has 3 amide bonds. The second-order valence-electron chi connectivity index (χ2n) is 13.8. The fourth-order valence-corrected chi connectivity index (χ4v) is 6.69. The van der Waals surface area contributed by atoms with Crippen molar-refractivity contribution in [2.45, 2.75) is 78.3 Å². The van der Waals surface area contributed by atoms with Gasteiger partial charge in [0.05, 0.1) is 9.90 Å². The Morgan fingerprint density at radius 2 is 1.67 bits per heavy atom. The van der Waals surface area contributed by atoms with Crippen molar-refractivity contribution in [1.29, 1.82) is 0 Å². The maximum absolute atomic E-state index is 13.2. The molecule has 1 aliphatic rings. The van der Waals surface area contributed by atoms with E-state index in [4.69, 9.17) is 21.1 Å². The number of halogens is 1. The molecule has 10 nitrogen and oxygen atoms in total. The Kier molecular flexibility index (Phi) is 10.6. The number of ether oxygens (including phenoxy) is 2. The molecule has 1 fully saturated rings. The van der Waals surface area contributed by atoms with Crippen LogP contribution in [0.2, 0.25) is 5.02 Å². The van der Waals surface area contributed by atoms with Crippen molar-refractivity contribution < 1.29 is 23.9 Å². The molecule has 3 heterocycles. The minimum Gasteiger partial charge on any atom is -0.443 e. The normalized spacial score (nSPS) is 15.3. The second-order valence-corrected chi connectivity index (χ2v) is 15.3. The molecule has 1 aliphatic heterocycles. The number of carbonyl (C=O) groups excluding carboxylic acids is 3. The van der Waals surface area contributed by atoms with E-state index in [1.165, 1.54) is 17.5 Å². The van der Waals surface area contributed by atoms with Gasteiger partial charge in [0.25, 0.3) is 5.91 Å². The standard InChI is InChI=1S/C36H42ClN5O5S/c1-35(2,3)46-33(44)42(34(45)47-36(4,5)6)31-27-13-12-23(18-24(27)14-16-38-31)20-39-32(43)29-19-28(37)30(48-29)22-41-17-15-26(21-41)40-25-10-8-7-9-11-25/h7-14,16,18-19,26,40H,15,17,20-22H2,1-6H3,(H,39,43)/t26-/m1/s1. The number of anilines is 2. The number of rotatable bonds is 8. The Labute approximate surface area is 290 Å². The first-order valence-electron chi connectivity index (χ1n) is 15.9. The number of imide groups is 1. The Morgan fingerprint density at radius 3 is 2.33 bits per heavy atom. The van der Waals surface area contributed by atoms with Gasteiger partial charge in [-0.05, 0) is 89.2 Å². The Hall–Kier alpha value is -4.19. The van der Waals surface area contributed by atoms with Gasteiger partial charge in [-0.25, -0.2) is 14.6 Å². The molecule has 0 bridgehead atoms. The predicted molar refractivity (Wildman–Crippen MR) is 191 cm³/mol. The van der Waals surface area contributed by atoms with Gasteiger partial charge in [-0.2, -0.15) is 4.90 Å². The zero-order valence-electron chi connectivity index (χ0n) is 28.1. The average molecular weight is 692 g/mol. The number of fused-ring (bicyclic) bond motifs is 1. The summed E-state index contributed by atoms with van der Waals surface area (Å²) in [6.07, 6.45) is 0.761. The number of nitrogens with one attached hydrogen (secondary N) is 2. The molecule has 12 heteroatoms. The monoisotopic (exact) mass is 691 g/mol. The van der Waals surface area contributed by atoms with Crippen LogP contribution in [0.25, 0.3) is 10.8 Å². The molecule has 0 spiro atoms. The van der Waals surface area contributed by atoms with Crippen LogP contribution in [0.3, 0.4) is 0 Å². The number of carbonyl (C=O) groups is 3. The number of hydrogen-bond acceptors (Lipinski definition) is 9. The number of thiophene rings is 1. The van der Waals surface area contributed by atoms with E-state index in [-0.39, 0.29) is 18.3 Å². The first-order valence-corrected chi connectivity index (χ1v) is 17.1. The summed E-state index contributed by atoms with van der Waals surface area (Å²) in [4.78, 5) is 48.6. The van der Waals surface area contributed by atoms with Crippen LogP contribution in [-0.2, 0) is 22.6 Å². The van der Waals surface area contributed by atoms with Crippen molar-refractivity contribution in [2.24, 2.45) is 0 Å². The number of pyridine rings is 1. The number of benzene rings is 2. The van der Waals surface area contributed by atoms with E-state index in [2.05, 4.69) is 32.7 Å². The topological polar surface area (TPSA) is 113 Å². The number of likely N-dealkylation sites (tertiary alicyclic amines) is 1. The number of para-hydroxylation sites is 1. The highest BCUT2D eigenvalue weighted by Gasteiger charge is 2.34. The maximum atomic E-state index is 13.2. The van der Waals surface area contributed by atoms with Crippen LogP contribution in [0.15, 0.2) is 66.9 Å². The summed E-state index contributed by atoms with van der Waals surface area (Å²) in [5.41, 5.74) is 0.242. The van der Waals surface area contributed by atoms with Crippen molar-refractivity contribution >= 4 is 63.3 Å². The number of amides is 3. The molecule has 1 atom stereocenters. The van der Waals surface area contributed by atoms with Crippen LogP contribution < -0.4 is 15.5 Å². The lowest BCUT2D eigenvalue weighted by molar-refractivity contribution is 0.0429. The van der Waals surface area contributed by atoms with E-state index in [1.807, 2.05) is 30.3 Å².